The summed E-state index contributed by atoms with van der Waals surface area (Å²) in [5, 5.41) is 5.10. The van der Waals surface area contributed by atoms with Gasteiger partial charge in [0.1, 0.15) is 0 Å². The van der Waals surface area contributed by atoms with Gasteiger partial charge in [-0.25, -0.2) is 0 Å². The lowest BCUT2D eigenvalue weighted by Crippen LogP contribution is -2.17. The molecule has 0 heterocycles. The van der Waals surface area contributed by atoms with Gasteiger partial charge in [0.15, 0.2) is 5.78 Å². The van der Waals surface area contributed by atoms with Crippen LogP contribution in [0.2, 0.25) is 0 Å². The fourth-order valence-corrected chi connectivity index (χ4v) is 1.62. The van der Waals surface area contributed by atoms with E-state index in [1.807, 2.05) is 0 Å². The molecule has 0 saturated carbocycles. The Morgan fingerprint density at radius 1 is 1.25 bits per heavy atom. The van der Waals surface area contributed by atoms with E-state index < -0.39 is 23.4 Å². The van der Waals surface area contributed by atoms with Crippen LogP contribution in [-0.4, -0.2) is 25.3 Å². The first-order valence-electron chi connectivity index (χ1n) is 5.92. The fraction of sp³-hybridized carbons (Fsp3) is 0.385. The Kier molecular flexibility index (Phi) is 5.26. The monoisotopic (exact) mass is 288 g/mol. The molecule has 0 aliphatic heterocycles. The van der Waals surface area contributed by atoms with Crippen LogP contribution >= 0.6 is 0 Å². The van der Waals surface area contributed by atoms with Gasteiger partial charge in [0, 0.05) is 25.5 Å². The molecule has 1 rings (SSSR count). The van der Waals surface area contributed by atoms with Crippen LogP contribution in [0.3, 0.4) is 0 Å². The van der Waals surface area contributed by atoms with E-state index in [9.17, 15) is 22.8 Å². The summed E-state index contributed by atoms with van der Waals surface area (Å²) >= 11 is 0. The molecule has 4 nitrogen and oxygen atoms in total. The van der Waals surface area contributed by atoms with Crippen molar-refractivity contribution in [3.63, 3.8) is 0 Å². The Morgan fingerprint density at radius 3 is 2.40 bits per heavy atom. The summed E-state index contributed by atoms with van der Waals surface area (Å²) in [4.78, 5) is 23.0. The number of halogens is 3. The van der Waals surface area contributed by atoms with Crippen molar-refractivity contribution >= 4 is 17.4 Å². The molecular formula is C13H15F3N2O2. The second kappa shape index (κ2) is 6.51. The summed E-state index contributed by atoms with van der Waals surface area (Å²) in [6.45, 7) is 1.56. The van der Waals surface area contributed by atoms with Crippen molar-refractivity contribution in [1.82, 2.24) is 5.32 Å². The zero-order valence-electron chi connectivity index (χ0n) is 11.1. The Hall–Kier alpha value is -1.89. The second-order valence-corrected chi connectivity index (χ2v) is 4.22. The lowest BCUT2D eigenvalue weighted by Gasteiger charge is -2.13. The summed E-state index contributed by atoms with van der Waals surface area (Å²) < 4.78 is 38.0. The topological polar surface area (TPSA) is 58.2 Å². The summed E-state index contributed by atoms with van der Waals surface area (Å²) in [5.74, 6) is -0.915. The van der Waals surface area contributed by atoms with E-state index in [2.05, 4.69) is 10.6 Å². The molecular weight excluding hydrogens is 273 g/mol. The molecule has 0 aromatic heterocycles. The molecule has 110 valence electrons. The van der Waals surface area contributed by atoms with E-state index in [4.69, 9.17) is 0 Å². The Bertz CT molecular complexity index is 513. The van der Waals surface area contributed by atoms with Gasteiger partial charge in [-0.2, -0.15) is 13.2 Å². The minimum Gasteiger partial charge on any atom is -0.326 e. The lowest BCUT2D eigenvalue weighted by molar-refractivity contribution is -0.137. The summed E-state index contributed by atoms with van der Waals surface area (Å²) in [5.41, 5.74) is -0.962. The number of hydrogen-bond acceptors (Lipinski definition) is 3. The van der Waals surface area contributed by atoms with Crippen molar-refractivity contribution in [3.05, 3.63) is 29.3 Å². The first-order chi connectivity index (χ1) is 9.25. The number of nitrogens with one attached hydrogen (secondary N) is 2. The van der Waals surface area contributed by atoms with Gasteiger partial charge in [-0.1, -0.05) is 0 Å². The number of alkyl halides is 3. The highest BCUT2D eigenvalue weighted by Gasteiger charge is 2.31. The molecule has 0 fully saturated rings. The Labute approximate surface area is 114 Å². The predicted octanol–water partition coefficient (Wildman–Crippen LogP) is 2.46. The van der Waals surface area contributed by atoms with Crippen molar-refractivity contribution in [1.29, 1.82) is 0 Å². The minimum atomic E-state index is -4.53. The third-order valence-corrected chi connectivity index (χ3v) is 2.56. The molecule has 0 bridgehead atoms. The molecule has 1 amide bonds. The molecule has 0 aliphatic carbocycles. The van der Waals surface area contributed by atoms with E-state index in [-0.39, 0.29) is 17.7 Å². The van der Waals surface area contributed by atoms with E-state index in [0.29, 0.717) is 6.54 Å². The molecule has 0 aliphatic rings. The van der Waals surface area contributed by atoms with Crippen LogP contribution in [0.15, 0.2) is 18.2 Å². The third kappa shape index (κ3) is 4.34. The molecule has 0 unspecified atom stereocenters. The maximum absolute atomic E-state index is 12.7. The van der Waals surface area contributed by atoms with Crippen molar-refractivity contribution in [3.8, 4) is 0 Å². The summed E-state index contributed by atoms with van der Waals surface area (Å²) in [6.07, 6.45) is -4.49. The molecule has 2 N–H and O–H groups in total. The number of amides is 1. The number of rotatable bonds is 5. The number of hydrogen-bond donors (Lipinski definition) is 2. The second-order valence-electron chi connectivity index (χ2n) is 4.22. The number of Topliss-reactive ketones (excluding diaryl/α,β-unsaturated/α-hetero) is 1. The van der Waals surface area contributed by atoms with Crippen LogP contribution < -0.4 is 10.6 Å². The Balaban J connectivity index is 3.18. The number of carbonyl (C=O) groups excluding carboxylic acids is 2. The van der Waals surface area contributed by atoms with Crippen molar-refractivity contribution in [2.75, 3.05) is 18.9 Å². The molecule has 1 aromatic rings. The maximum Gasteiger partial charge on any atom is 0.416 e. The van der Waals surface area contributed by atoms with Crippen LogP contribution in [0.4, 0.5) is 18.9 Å². The zero-order chi connectivity index (χ0) is 15.3. The smallest absolute Gasteiger partial charge is 0.326 e. The van der Waals surface area contributed by atoms with Crippen molar-refractivity contribution in [2.24, 2.45) is 0 Å². The number of carbonyl (C=O) groups is 2. The van der Waals surface area contributed by atoms with Gasteiger partial charge in [-0.3, -0.25) is 9.59 Å². The average Bonchev–Trinajstić information content (AvgIpc) is 2.34. The van der Waals surface area contributed by atoms with Gasteiger partial charge in [-0.05, 0) is 25.2 Å². The summed E-state index contributed by atoms with van der Waals surface area (Å²) in [7, 11) is 1.63. The molecule has 0 spiro atoms. The van der Waals surface area contributed by atoms with Crippen LogP contribution in [-0.2, 0) is 11.0 Å². The molecule has 0 saturated heterocycles. The van der Waals surface area contributed by atoms with Gasteiger partial charge in [-0.15, -0.1) is 0 Å². The highest BCUT2D eigenvalue weighted by molar-refractivity contribution is 6.04. The minimum absolute atomic E-state index is 0.0460. The third-order valence-electron chi connectivity index (χ3n) is 2.56. The van der Waals surface area contributed by atoms with E-state index in [1.165, 1.54) is 6.92 Å². The van der Waals surface area contributed by atoms with Gasteiger partial charge in [0.2, 0.25) is 5.91 Å². The van der Waals surface area contributed by atoms with Gasteiger partial charge in [0.05, 0.1) is 11.3 Å². The van der Waals surface area contributed by atoms with Gasteiger partial charge < -0.3 is 10.6 Å². The molecule has 0 atom stereocenters. The SMILES string of the molecule is CNCCC(=O)c1cc(C(F)(F)F)ccc1NC(C)=O. The van der Waals surface area contributed by atoms with Gasteiger partial charge >= 0.3 is 6.18 Å². The highest BCUT2D eigenvalue weighted by Crippen LogP contribution is 2.32. The number of benzene rings is 1. The lowest BCUT2D eigenvalue weighted by atomic mass is 10.0. The molecule has 20 heavy (non-hydrogen) atoms. The van der Waals surface area contributed by atoms with E-state index in [0.717, 1.165) is 18.2 Å². The largest absolute Gasteiger partial charge is 0.416 e. The molecule has 0 radical (unpaired) electrons. The zero-order valence-corrected chi connectivity index (χ0v) is 11.1. The number of anilines is 1. The summed E-state index contributed by atoms with van der Waals surface area (Å²) in [6, 6.07) is 2.69. The van der Waals surface area contributed by atoms with Crippen molar-refractivity contribution in [2.45, 2.75) is 19.5 Å². The number of ketones is 1. The first kappa shape index (κ1) is 16.2. The quantitative estimate of drug-likeness (QED) is 0.818. The van der Waals surface area contributed by atoms with Crippen LogP contribution in [0.1, 0.15) is 29.3 Å². The van der Waals surface area contributed by atoms with E-state index >= 15 is 0 Å². The Morgan fingerprint density at radius 2 is 1.90 bits per heavy atom. The molecule has 1 aromatic carbocycles. The maximum atomic E-state index is 12.7. The van der Waals surface area contributed by atoms with Crippen LogP contribution in [0.5, 0.6) is 0 Å². The standard InChI is InChI=1S/C13H15F3N2O2/c1-8(19)18-11-4-3-9(13(14,15)16)7-10(11)12(20)5-6-17-2/h3-4,7,17H,5-6H2,1-2H3,(H,18,19). The predicted molar refractivity (Wildman–Crippen MR) is 68.6 cm³/mol. The average molecular weight is 288 g/mol. The first-order valence-corrected chi connectivity index (χ1v) is 5.92. The normalized spacial score (nSPS) is 11.2. The fourth-order valence-electron chi connectivity index (χ4n) is 1.62. The van der Waals surface area contributed by atoms with Crippen molar-refractivity contribution < 1.29 is 22.8 Å². The van der Waals surface area contributed by atoms with Crippen LogP contribution in [0.25, 0.3) is 0 Å². The van der Waals surface area contributed by atoms with E-state index in [1.54, 1.807) is 7.05 Å². The van der Waals surface area contributed by atoms with Gasteiger partial charge in [0.25, 0.3) is 0 Å². The molecule has 7 heteroatoms. The van der Waals surface area contributed by atoms with Crippen LogP contribution in [0, 0.1) is 0 Å². The highest BCUT2D eigenvalue weighted by atomic mass is 19.4.